The molecule has 7 nitrogen and oxygen atoms in total. The molecule has 0 saturated carbocycles. The maximum Gasteiger partial charge on any atom is 0.161 e. The number of hydrogen-bond donors (Lipinski definition) is 2. The van der Waals surface area contributed by atoms with E-state index >= 15 is 0 Å². The van der Waals surface area contributed by atoms with Crippen molar-refractivity contribution in [1.82, 2.24) is 0 Å². The zero-order chi connectivity index (χ0) is 21.9. The predicted octanol–water partition coefficient (Wildman–Crippen LogP) is 2.40. The van der Waals surface area contributed by atoms with Crippen molar-refractivity contribution >= 4 is 0 Å². The molecule has 1 aliphatic carbocycles. The van der Waals surface area contributed by atoms with Crippen LogP contribution in [-0.4, -0.2) is 64.6 Å². The van der Waals surface area contributed by atoms with Gasteiger partial charge in [0.25, 0.3) is 0 Å². The van der Waals surface area contributed by atoms with Crippen LogP contribution in [0.1, 0.15) is 22.6 Å². The fraction of sp³-hybridized carbons (Fsp3) is 0.478. The van der Waals surface area contributed by atoms with Crippen LogP contribution in [0.4, 0.5) is 0 Å². The second-order valence-corrected chi connectivity index (χ2v) is 7.39. The SMILES string of the molecule is COc1ccc([C@H]2c3cc(OC)c(OC)cc3C[C@](CO)(OC)[C@@H]2CO)cc1OC. The van der Waals surface area contributed by atoms with Crippen LogP contribution in [0.2, 0.25) is 0 Å². The van der Waals surface area contributed by atoms with E-state index in [0.29, 0.717) is 29.4 Å². The van der Waals surface area contributed by atoms with E-state index in [2.05, 4.69) is 0 Å². The third-order valence-electron chi connectivity index (χ3n) is 6.19. The molecule has 2 aromatic rings. The van der Waals surface area contributed by atoms with Gasteiger partial charge in [0.15, 0.2) is 23.0 Å². The molecule has 0 bridgehead atoms. The molecule has 2 aromatic carbocycles. The molecule has 3 atom stereocenters. The van der Waals surface area contributed by atoms with Gasteiger partial charge in [0, 0.05) is 32.0 Å². The molecule has 164 valence electrons. The molecule has 3 rings (SSSR count). The van der Waals surface area contributed by atoms with Gasteiger partial charge in [0.1, 0.15) is 5.60 Å². The van der Waals surface area contributed by atoms with Crippen LogP contribution in [0, 0.1) is 5.92 Å². The number of aliphatic hydroxyl groups is 2. The number of hydrogen-bond acceptors (Lipinski definition) is 7. The van der Waals surface area contributed by atoms with Gasteiger partial charge in [-0.3, -0.25) is 0 Å². The first kappa shape index (κ1) is 22.2. The van der Waals surface area contributed by atoms with E-state index in [4.69, 9.17) is 23.7 Å². The van der Waals surface area contributed by atoms with Crippen molar-refractivity contribution in [1.29, 1.82) is 0 Å². The molecule has 0 fully saturated rings. The minimum absolute atomic E-state index is 0.165. The van der Waals surface area contributed by atoms with Gasteiger partial charge in [0.05, 0.1) is 35.0 Å². The summed E-state index contributed by atoms with van der Waals surface area (Å²) in [6.45, 7) is -0.395. The van der Waals surface area contributed by atoms with Gasteiger partial charge in [-0.2, -0.15) is 0 Å². The second kappa shape index (κ2) is 9.12. The molecular formula is C23H30O7. The van der Waals surface area contributed by atoms with E-state index < -0.39 is 11.5 Å². The molecule has 1 aliphatic rings. The summed E-state index contributed by atoms with van der Waals surface area (Å²) in [4.78, 5) is 0. The van der Waals surface area contributed by atoms with Crippen LogP contribution in [0.15, 0.2) is 30.3 Å². The van der Waals surface area contributed by atoms with Gasteiger partial charge < -0.3 is 33.9 Å². The van der Waals surface area contributed by atoms with E-state index in [1.807, 2.05) is 30.3 Å². The summed E-state index contributed by atoms with van der Waals surface area (Å²) in [6.07, 6.45) is 0.435. The van der Waals surface area contributed by atoms with Crippen LogP contribution < -0.4 is 18.9 Å². The van der Waals surface area contributed by atoms with E-state index in [9.17, 15) is 10.2 Å². The highest BCUT2D eigenvalue weighted by atomic mass is 16.5. The van der Waals surface area contributed by atoms with Crippen molar-refractivity contribution in [3.8, 4) is 23.0 Å². The molecule has 0 heterocycles. The van der Waals surface area contributed by atoms with Gasteiger partial charge in [-0.05, 0) is 41.0 Å². The number of rotatable bonds is 8. The van der Waals surface area contributed by atoms with Gasteiger partial charge >= 0.3 is 0 Å². The number of fused-ring (bicyclic) bond motifs is 1. The van der Waals surface area contributed by atoms with E-state index in [-0.39, 0.29) is 19.1 Å². The Labute approximate surface area is 177 Å². The molecule has 0 amide bonds. The third kappa shape index (κ3) is 3.57. The van der Waals surface area contributed by atoms with Crippen molar-refractivity contribution in [2.75, 3.05) is 48.8 Å². The third-order valence-corrected chi connectivity index (χ3v) is 6.19. The molecule has 0 saturated heterocycles. The lowest BCUT2D eigenvalue weighted by Crippen LogP contribution is -2.52. The summed E-state index contributed by atoms with van der Waals surface area (Å²) in [5.74, 6) is 1.75. The Morgan fingerprint density at radius 3 is 1.97 bits per heavy atom. The molecule has 0 unspecified atom stereocenters. The van der Waals surface area contributed by atoms with Crippen molar-refractivity contribution < 1.29 is 33.9 Å². The summed E-state index contributed by atoms with van der Waals surface area (Å²) in [5.41, 5.74) is 1.92. The fourth-order valence-electron chi connectivity index (χ4n) is 4.54. The van der Waals surface area contributed by atoms with Gasteiger partial charge in [0.2, 0.25) is 0 Å². The summed E-state index contributed by atoms with van der Waals surface area (Å²) >= 11 is 0. The predicted molar refractivity (Wildman–Crippen MR) is 112 cm³/mol. The van der Waals surface area contributed by atoms with Crippen LogP contribution in [-0.2, 0) is 11.2 Å². The lowest BCUT2D eigenvalue weighted by atomic mass is 9.64. The van der Waals surface area contributed by atoms with Crippen LogP contribution in [0.5, 0.6) is 23.0 Å². The number of ether oxygens (including phenoxy) is 5. The summed E-state index contributed by atoms with van der Waals surface area (Å²) in [6, 6.07) is 9.53. The maximum atomic E-state index is 10.4. The van der Waals surface area contributed by atoms with Gasteiger partial charge in [-0.15, -0.1) is 0 Å². The first-order valence-electron chi connectivity index (χ1n) is 9.76. The zero-order valence-corrected chi connectivity index (χ0v) is 18.1. The first-order valence-corrected chi connectivity index (χ1v) is 9.76. The van der Waals surface area contributed by atoms with Crippen LogP contribution in [0.25, 0.3) is 0 Å². The van der Waals surface area contributed by atoms with Crippen molar-refractivity contribution in [3.05, 3.63) is 47.0 Å². The summed E-state index contributed by atoms with van der Waals surface area (Å²) in [7, 11) is 7.92. The second-order valence-electron chi connectivity index (χ2n) is 7.39. The molecule has 0 aromatic heterocycles. The topological polar surface area (TPSA) is 86.6 Å². The van der Waals surface area contributed by atoms with E-state index in [1.165, 1.54) is 0 Å². The Bertz CT molecular complexity index is 876. The molecule has 0 spiro atoms. The Hall–Kier alpha value is -2.48. The molecular weight excluding hydrogens is 388 g/mol. The van der Waals surface area contributed by atoms with Gasteiger partial charge in [-0.1, -0.05) is 6.07 Å². The minimum atomic E-state index is -0.945. The van der Waals surface area contributed by atoms with Crippen LogP contribution >= 0.6 is 0 Å². The van der Waals surface area contributed by atoms with E-state index in [1.54, 1.807) is 35.5 Å². The summed E-state index contributed by atoms with van der Waals surface area (Å²) < 4.78 is 27.7. The Morgan fingerprint density at radius 2 is 1.43 bits per heavy atom. The zero-order valence-electron chi connectivity index (χ0n) is 18.1. The lowest BCUT2D eigenvalue weighted by molar-refractivity contribution is -0.115. The first-order chi connectivity index (χ1) is 14.5. The monoisotopic (exact) mass is 418 g/mol. The van der Waals surface area contributed by atoms with Crippen LogP contribution in [0.3, 0.4) is 0 Å². The highest BCUT2D eigenvalue weighted by Gasteiger charge is 2.49. The Balaban J connectivity index is 2.28. The van der Waals surface area contributed by atoms with Gasteiger partial charge in [-0.25, -0.2) is 0 Å². The highest BCUT2D eigenvalue weighted by Crippen LogP contribution is 2.50. The summed E-state index contributed by atoms with van der Waals surface area (Å²) in [5, 5.41) is 20.7. The molecule has 2 N–H and O–H groups in total. The number of aliphatic hydroxyl groups excluding tert-OH is 2. The Morgan fingerprint density at radius 1 is 0.833 bits per heavy atom. The normalized spacial score (nSPS) is 22.9. The standard InChI is InChI=1S/C23H30O7/c1-26-18-7-6-14(8-19(18)27-2)22-16-10-21(29-4)20(28-3)9-15(16)11-23(13-25,30-5)17(22)12-24/h6-10,17,22,24-25H,11-13H2,1-5H3/t17-,22+,23-/m1/s1. The highest BCUT2D eigenvalue weighted by molar-refractivity contribution is 5.55. The quantitative estimate of drug-likeness (QED) is 0.681. The fourth-order valence-corrected chi connectivity index (χ4v) is 4.54. The largest absolute Gasteiger partial charge is 0.493 e. The van der Waals surface area contributed by atoms with Crippen molar-refractivity contribution in [2.45, 2.75) is 17.9 Å². The van der Waals surface area contributed by atoms with Crippen molar-refractivity contribution in [3.63, 3.8) is 0 Å². The molecule has 0 aliphatic heterocycles. The van der Waals surface area contributed by atoms with Crippen molar-refractivity contribution in [2.24, 2.45) is 5.92 Å². The number of benzene rings is 2. The number of methoxy groups -OCH3 is 5. The average molecular weight is 418 g/mol. The minimum Gasteiger partial charge on any atom is -0.493 e. The Kier molecular flexibility index (Phi) is 6.75. The molecule has 30 heavy (non-hydrogen) atoms. The maximum absolute atomic E-state index is 10.4. The average Bonchev–Trinajstić information content (AvgIpc) is 2.81. The molecule has 7 heteroatoms. The smallest absolute Gasteiger partial charge is 0.161 e. The molecule has 0 radical (unpaired) electrons. The van der Waals surface area contributed by atoms with E-state index in [0.717, 1.165) is 16.7 Å². The lowest BCUT2D eigenvalue weighted by Gasteiger charge is -2.47.